The molecule has 0 aromatic heterocycles. The minimum Gasteiger partial charge on any atom is -0.493 e. The fourth-order valence-corrected chi connectivity index (χ4v) is 3.08. The van der Waals surface area contributed by atoms with Crippen molar-refractivity contribution in [3.8, 4) is 5.75 Å². The molecular weight excluding hydrogens is 300 g/mol. The van der Waals surface area contributed by atoms with Gasteiger partial charge in [0.1, 0.15) is 5.75 Å². The van der Waals surface area contributed by atoms with E-state index in [1.165, 1.54) is 16.7 Å². The lowest BCUT2D eigenvalue weighted by molar-refractivity contribution is 0.277. The van der Waals surface area contributed by atoms with E-state index in [0.717, 1.165) is 29.7 Å². The van der Waals surface area contributed by atoms with Crippen molar-refractivity contribution in [2.24, 2.45) is 0 Å². The highest BCUT2D eigenvalue weighted by atomic mass is 79.9. The second-order valence-electron chi connectivity index (χ2n) is 4.97. The van der Waals surface area contributed by atoms with Crippen molar-refractivity contribution in [3.05, 3.63) is 63.6 Å². The summed E-state index contributed by atoms with van der Waals surface area (Å²) in [6, 6.07) is 15.3. The molecule has 3 rings (SSSR count). The van der Waals surface area contributed by atoms with E-state index in [4.69, 9.17) is 4.74 Å². The quantitative estimate of drug-likeness (QED) is 0.763. The predicted molar refractivity (Wildman–Crippen MR) is 81.9 cm³/mol. The number of ether oxygens (including phenoxy) is 1. The lowest BCUT2D eigenvalue weighted by Gasteiger charge is -2.26. The molecule has 0 saturated carbocycles. The summed E-state index contributed by atoms with van der Waals surface area (Å²) in [5.41, 5.74) is 4.08. The highest BCUT2D eigenvalue weighted by molar-refractivity contribution is 9.10. The normalized spacial score (nSPS) is 17.7. The molecule has 2 aromatic carbocycles. The highest BCUT2D eigenvalue weighted by Gasteiger charge is 2.23. The van der Waals surface area contributed by atoms with Crippen molar-refractivity contribution < 1.29 is 4.74 Å². The summed E-state index contributed by atoms with van der Waals surface area (Å²) in [4.78, 5) is 0. The van der Waals surface area contributed by atoms with E-state index in [1.54, 1.807) is 0 Å². The van der Waals surface area contributed by atoms with Gasteiger partial charge in [0.25, 0.3) is 0 Å². The van der Waals surface area contributed by atoms with E-state index in [2.05, 4.69) is 59.3 Å². The van der Waals surface area contributed by atoms with Crippen LogP contribution in [0.2, 0.25) is 0 Å². The molecule has 1 unspecified atom stereocenters. The van der Waals surface area contributed by atoms with Crippen LogP contribution in [-0.4, -0.2) is 6.61 Å². The third kappa shape index (κ3) is 2.55. The topological polar surface area (TPSA) is 9.23 Å². The summed E-state index contributed by atoms with van der Waals surface area (Å²) in [6.07, 6.45) is 2.14. The zero-order valence-electron chi connectivity index (χ0n) is 11.0. The lowest BCUT2D eigenvalue weighted by atomic mass is 9.86. The summed E-state index contributed by atoms with van der Waals surface area (Å²) in [5.74, 6) is 1.48. The van der Waals surface area contributed by atoms with E-state index in [1.807, 2.05) is 6.07 Å². The fourth-order valence-electron chi connectivity index (χ4n) is 2.70. The summed E-state index contributed by atoms with van der Waals surface area (Å²) < 4.78 is 6.87. The van der Waals surface area contributed by atoms with Gasteiger partial charge >= 0.3 is 0 Å². The maximum Gasteiger partial charge on any atom is 0.123 e. The molecule has 2 heteroatoms. The smallest absolute Gasteiger partial charge is 0.123 e. The molecule has 0 spiro atoms. The van der Waals surface area contributed by atoms with Crippen LogP contribution in [0.4, 0.5) is 0 Å². The Kier molecular flexibility index (Phi) is 3.61. The van der Waals surface area contributed by atoms with Crippen molar-refractivity contribution in [3.63, 3.8) is 0 Å². The molecule has 0 fully saturated rings. The minimum absolute atomic E-state index is 0.451. The maximum atomic E-state index is 5.75. The Bertz CT molecular complexity index is 574. The Labute approximate surface area is 122 Å². The first-order valence-corrected chi connectivity index (χ1v) is 7.58. The second kappa shape index (κ2) is 5.38. The first-order chi connectivity index (χ1) is 9.28. The van der Waals surface area contributed by atoms with Crippen molar-refractivity contribution in [1.29, 1.82) is 0 Å². The average Bonchev–Trinajstić information content (AvgIpc) is 2.47. The standard InChI is InChI=1S/C17H17BrO/c1-2-12-3-5-13(6-4-12)15-9-10-19-17-8-7-14(18)11-16(15)17/h3-8,11,15H,2,9-10H2,1H3. The van der Waals surface area contributed by atoms with Crippen LogP contribution in [0.5, 0.6) is 5.75 Å². The number of aryl methyl sites for hydroxylation is 1. The van der Waals surface area contributed by atoms with Crippen LogP contribution < -0.4 is 4.74 Å². The van der Waals surface area contributed by atoms with E-state index in [-0.39, 0.29) is 0 Å². The molecule has 1 aliphatic rings. The van der Waals surface area contributed by atoms with Crippen LogP contribution in [0, 0.1) is 0 Å². The van der Waals surface area contributed by atoms with Gasteiger partial charge < -0.3 is 4.74 Å². The monoisotopic (exact) mass is 316 g/mol. The molecule has 0 amide bonds. The van der Waals surface area contributed by atoms with Gasteiger partial charge in [-0.2, -0.15) is 0 Å². The van der Waals surface area contributed by atoms with Gasteiger partial charge in [0.15, 0.2) is 0 Å². The molecular formula is C17H17BrO. The largest absolute Gasteiger partial charge is 0.493 e. The molecule has 1 heterocycles. The third-order valence-electron chi connectivity index (χ3n) is 3.80. The van der Waals surface area contributed by atoms with Crippen LogP contribution >= 0.6 is 15.9 Å². The zero-order valence-corrected chi connectivity index (χ0v) is 12.6. The number of hydrogen-bond acceptors (Lipinski definition) is 1. The lowest BCUT2D eigenvalue weighted by Crippen LogP contribution is -2.15. The van der Waals surface area contributed by atoms with Crippen LogP contribution in [-0.2, 0) is 6.42 Å². The molecule has 1 nitrogen and oxygen atoms in total. The van der Waals surface area contributed by atoms with E-state index in [0.29, 0.717) is 5.92 Å². The maximum absolute atomic E-state index is 5.75. The molecule has 0 radical (unpaired) electrons. The molecule has 0 saturated heterocycles. The van der Waals surface area contributed by atoms with Gasteiger partial charge in [-0.1, -0.05) is 47.1 Å². The first kappa shape index (κ1) is 12.7. The molecule has 0 aliphatic carbocycles. The second-order valence-corrected chi connectivity index (χ2v) is 5.88. The fraction of sp³-hybridized carbons (Fsp3) is 0.294. The van der Waals surface area contributed by atoms with Crippen molar-refractivity contribution >= 4 is 15.9 Å². The Hall–Kier alpha value is -1.28. The molecule has 0 bridgehead atoms. The molecule has 2 aromatic rings. The van der Waals surface area contributed by atoms with Crippen LogP contribution in [0.15, 0.2) is 46.9 Å². The first-order valence-electron chi connectivity index (χ1n) is 6.79. The van der Waals surface area contributed by atoms with E-state index >= 15 is 0 Å². The molecule has 1 aliphatic heterocycles. The van der Waals surface area contributed by atoms with E-state index in [9.17, 15) is 0 Å². The summed E-state index contributed by atoms with van der Waals surface area (Å²) in [6.45, 7) is 2.99. The summed E-state index contributed by atoms with van der Waals surface area (Å²) in [5, 5.41) is 0. The van der Waals surface area contributed by atoms with E-state index < -0.39 is 0 Å². The Balaban J connectivity index is 2.00. The molecule has 19 heavy (non-hydrogen) atoms. The van der Waals surface area contributed by atoms with Gasteiger partial charge in [0.05, 0.1) is 6.61 Å². The van der Waals surface area contributed by atoms with Crippen molar-refractivity contribution in [2.75, 3.05) is 6.61 Å². The molecule has 0 N–H and O–H groups in total. The SMILES string of the molecule is CCc1ccc(C2CCOc3ccc(Br)cc32)cc1. The Morgan fingerprint density at radius 3 is 2.68 bits per heavy atom. The highest BCUT2D eigenvalue weighted by Crippen LogP contribution is 2.39. The van der Waals surface area contributed by atoms with Gasteiger partial charge in [-0.05, 0) is 42.2 Å². The Morgan fingerprint density at radius 2 is 1.95 bits per heavy atom. The van der Waals surface area contributed by atoms with Crippen LogP contribution in [0.1, 0.15) is 36.0 Å². The van der Waals surface area contributed by atoms with Crippen molar-refractivity contribution in [1.82, 2.24) is 0 Å². The predicted octanol–water partition coefficient (Wildman–Crippen LogP) is 4.93. The zero-order chi connectivity index (χ0) is 13.2. The van der Waals surface area contributed by atoms with Crippen LogP contribution in [0.25, 0.3) is 0 Å². The van der Waals surface area contributed by atoms with Gasteiger partial charge in [0.2, 0.25) is 0 Å². The number of benzene rings is 2. The number of rotatable bonds is 2. The van der Waals surface area contributed by atoms with Crippen LogP contribution in [0.3, 0.4) is 0 Å². The van der Waals surface area contributed by atoms with Gasteiger partial charge in [0, 0.05) is 16.0 Å². The van der Waals surface area contributed by atoms with Gasteiger partial charge in [-0.25, -0.2) is 0 Å². The molecule has 1 atom stereocenters. The van der Waals surface area contributed by atoms with Gasteiger partial charge in [-0.3, -0.25) is 0 Å². The minimum atomic E-state index is 0.451. The third-order valence-corrected chi connectivity index (χ3v) is 4.29. The Morgan fingerprint density at radius 1 is 1.16 bits per heavy atom. The summed E-state index contributed by atoms with van der Waals surface area (Å²) >= 11 is 3.56. The number of halogens is 1. The van der Waals surface area contributed by atoms with Crippen molar-refractivity contribution in [2.45, 2.75) is 25.7 Å². The number of hydrogen-bond donors (Lipinski definition) is 0. The summed E-state index contributed by atoms with van der Waals surface area (Å²) in [7, 11) is 0. The molecule has 98 valence electrons. The van der Waals surface area contributed by atoms with Gasteiger partial charge in [-0.15, -0.1) is 0 Å². The number of fused-ring (bicyclic) bond motifs is 1. The average molecular weight is 317 g/mol.